The minimum absolute atomic E-state index is 0.140. The van der Waals surface area contributed by atoms with Crippen LogP contribution in [-0.4, -0.2) is 35.7 Å². The van der Waals surface area contributed by atoms with E-state index in [2.05, 4.69) is 60.0 Å². The molecule has 0 saturated carbocycles. The Morgan fingerprint density at radius 1 is 1.37 bits per heavy atom. The Morgan fingerprint density at radius 3 is 2.37 bits per heavy atom. The van der Waals surface area contributed by atoms with Crippen molar-refractivity contribution in [1.82, 2.24) is 4.90 Å². The van der Waals surface area contributed by atoms with Gasteiger partial charge in [0.1, 0.15) is 0 Å². The number of halogens is 1. The van der Waals surface area contributed by atoms with E-state index in [1.165, 1.54) is 4.88 Å². The Kier molecular flexibility index (Phi) is 4.43. The molecule has 1 aliphatic heterocycles. The second kappa shape index (κ2) is 5.45. The molecule has 0 bridgehead atoms. The summed E-state index contributed by atoms with van der Waals surface area (Å²) in [5, 5.41) is 2.11. The summed E-state index contributed by atoms with van der Waals surface area (Å²) < 4.78 is 7.30. The minimum Gasteiger partial charge on any atom is -0.367 e. The average Bonchev–Trinajstić information content (AvgIpc) is 2.61. The van der Waals surface area contributed by atoms with Crippen LogP contribution in [-0.2, 0) is 4.74 Å². The van der Waals surface area contributed by atoms with Gasteiger partial charge in [-0.15, -0.1) is 11.3 Å². The van der Waals surface area contributed by atoms with Gasteiger partial charge in [-0.1, -0.05) is 0 Å². The predicted molar refractivity (Wildman–Crippen MR) is 84.6 cm³/mol. The number of morpholine rings is 1. The monoisotopic (exact) mass is 346 g/mol. The number of thiophene rings is 1. The lowest BCUT2D eigenvalue weighted by molar-refractivity contribution is -0.187. The van der Waals surface area contributed by atoms with E-state index in [9.17, 15) is 0 Å². The minimum atomic E-state index is -0.140. The fourth-order valence-electron chi connectivity index (χ4n) is 3.03. The number of rotatable bonds is 3. The second-order valence-electron chi connectivity index (χ2n) is 6.41. The molecule has 1 atom stereocenters. The van der Waals surface area contributed by atoms with Gasteiger partial charge in [-0.2, -0.15) is 0 Å². The first-order valence-corrected chi connectivity index (χ1v) is 8.28. The number of hydrogen-bond acceptors (Lipinski definition) is 4. The molecule has 3 nitrogen and oxygen atoms in total. The first-order chi connectivity index (χ1) is 8.74. The van der Waals surface area contributed by atoms with Gasteiger partial charge in [0.25, 0.3) is 0 Å². The molecule has 2 heterocycles. The van der Waals surface area contributed by atoms with Crippen LogP contribution in [0.4, 0.5) is 0 Å². The van der Waals surface area contributed by atoms with Crippen LogP contribution < -0.4 is 5.73 Å². The van der Waals surface area contributed by atoms with E-state index in [0.717, 1.165) is 17.6 Å². The second-order valence-corrected chi connectivity index (χ2v) is 8.21. The van der Waals surface area contributed by atoms with Crippen molar-refractivity contribution < 1.29 is 4.74 Å². The zero-order chi connectivity index (χ0) is 14.3. The largest absolute Gasteiger partial charge is 0.367 e. The van der Waals surface area contributed by atoms with E-state index in [4.69, 9.17) is 10.5 Å². The molecule has 1 fully saturated rings. The molecule has 5 heteroatoms. The molecule has 1 unspecified atom stereocenters. The third-order valence-corrected chi connectivity index (χ3v) is 5.30. The number of hydrogen-bond donors (Lipinski definition) is 1. The molecule has 0 aromatic carbocycles. The van der Waals surface area contributed by atoms with E-state index in [-0.39, 0.29) is 17.2 Å². The lowest BCUT2D eigenvalue weighted by atomic mass is 9.97. The normalized spacial score (nSPS) is 24.3. The van der Waals surface area contributed by atoms with Gasteiger partial charge in [0, 0.05) is 29.0 Å². The maximum Gasteiger partial charge on any atom is 0.0761 e. The van der Waals surface area contributed by atoms with Crippen LogP contribution in [0.25, 0.3) is 0 Å². The van der Waals surface area contributed by atoms with Crippen LogP contribution >= 0.6 is 27.3 Å². The van der Waals surface area contributed by atoms with E-state index in [0.29, 0.717) is 6.54 Å². The zero-order valence-electron chi connectivity index (χ0n) is 12.1. The molecule has 1 saturated heterocycles. The summed E-state index contributed by atoms with van der Waals surface area (Å²) in [6.45, 7) is 11.0. The molecule has 0 radical (unpaired) electrons. The van der Waals surface area contributed by atoms with Crippen molar-refractivity contribution in [3.8, 4) is 0 Å². The van der Waals surface area contributed by atoms with Gasteiger partial charge in [0.15, 0.2) is 0 Å². The number of ether oxygens (including phenoxy) is 1. The highest BCUT2D eigenvalue weighted by molar-refractivity contribution is 9.10. The van der Waals surface area contributed by atoms with Crippen molar-refractivity contribution in [3.63, 3.8) is 0 Å². The summed E-state index contributed by atoms with van der Waals surface area (Å²) in [5.41, 5.74) is 5.76. The number of nitrogens with zero attached hydrogens (tertiary/aromatic N) is 1. The van der Waals surface area contributed by atoms with E-state index < -0.39 is 0 Å². The first-order valence-electron chi connectivity index (χ1n) is 6.61. The lowest BCUT2D eigenvalue weighted by Gasteiger charge is -2.49. The summed E-state index contributed by atoms with van der Waals surface area (Å²) in [6.07, 6.45) is 0. The molecular weight excluding hydrogens is 324 g/mol. The maximum absolute atomic E-state index is 6.14. The lowest BCUT2D eigenvalue weighted by Crippen LogP contribution is -2.58. The highest BCUT2D eigenvalue weighted by atomic mass is 79.9. The van der Waals surface area contributed by atoms with Crippen molar-refractivity contribution in [2.45, 2.75) is 44.9 Å². The van der Waals surface area contributed by atoms with Crippen molar-refractivity contribution in [1.29, 1.82) is 0 Å². The smallest absolute Gasteiger partial charge is 0.0761 e. The Morgan fingerprint density at radius 2 is 1.95 bits per heavy atom. The molecular formula is C14H23BrN2OS. The standard InChI is InChI=1S/C14H23BrN2OS/c1-13(2)8-17(9-14(3,4)18-13)11(7-16)12-10(15)5-6-19-12/h5-6,11H,7-9,16H2,1-4H3. The molecule has 108 valence electrons. The SMILES string of the molecule is CC1(C)CN(C(CN)c2sccc2Br)CC(C)(C)O1. The first kappa shape index (κ1) is 15.4. The Hall–Kier alpha value is 0.0600. The van der Waals surface area contributed by atoms with Gasteiger partial charge in [-0.25, -0.2) is 0 Å². The summed E-state index contributed by atoms with van der Waals surface area (Å²) >= 11 is 5.40. The molecule has 0 aliphatic carbocycles. The molecule has 19 heavy (non-hydrogen) atoms. The van der Waals surface area contributed by atoms with Crippen LogP contribution in [0.3, 0.4) is 0 Å². The molecule has 0 amide bonds. The van der Waals surface area contributed by atoms with Gasteiger partial charge >= 0.3 is 0 Å². The summed E-state index contributed by atoms with van der Waals surface area (Å²) in [7, 11) is 0. The van der Waals surface area contributed by atoms with Crippen molar-refractivity contribution in [2.24, 2.45) is 5.73 Å². The molecule has 1 aliphatic rings. The summed E-state index contributed by atoms with van der Waals surface area (Å²) in [5.74, 6) is 0. The van der Waals surface area contributed by atoms with Gasteiger partial charge in [0.05, 0.1) is 17.2 Å². The molecule has 1 aromatic heterocycles. The topological polar surface area (TPSA) is 38.5 Å². The molecule has 0 spiro atoms. The Labute approximate surface area is 128 Å². The average molecular weight is 347 g/mol. The van der Waals surface area contributed by atoms with Crippen LogP contribution in [0.2, 0.25) is 0 Å². The summed E-state index contributed by atoms with van der Waals surface area (Å²) in [6, 6.07) is 2.36. The van der Waals surface area contributed by atoms with E-state index in [1.807, 2.05) is 0 Å². The van der Waals surface area contributed by atoms with Crippen molar-refractivity contribution >= 4 is 27.3 Å². The third-order valence-electron chi connectivity index (χ3n) is 3.33. The van der Waals surface area contributed by atoms with Crippen molar-refractivity contribution in [2.75, 3.05) is 19.6 Å². The summed E-state index contributed by atoms with van der Waals surface area (Å²) in [4.78, 5) is 3.77. The fraction of sp³-hybridized carbons (Fsp3) is 0.714. The maximum atomic E-state index is 6.14. The van der Waals surface area contributed by atoms with Gasteiger partial charge in [0.2, 0.25) is 0 Å². The highest BCUT2D eigenvalue weighted by Gasteiger charge is 2.41. The number of nitrogens with two attached hydrogens (primary N) is 1. The highest BCUT2D eigenvalue weighted by Crippen LogP contribution is 2.37. The van der Waals surface area contributed by atoms with Crippen LogP contribution in [0.15, 0.2) is 15.9 Å². The van der Waals surface area contributed by atoms with Crippen LogP contribution in [0, 0.1) is 0 Å². The molecule has 1 aromatic rings. The van der Waals surface area contributed by atoms with Crippen LogP contribution in [0.1, 0.15) is 38.6 Å². The molecule has 2 rings (SSSR count). The van der Waals surface area contributed by atoms with Gasteiger partial charge in [-0.3, -0.25) is 4.90 Å². The van der Waals surface area contributed by atoms with Gasteiger partial charge in [-0.05, 0) is 55.1 Å². The van der Waals surface area contributed by atoms with Gasteiger partial charge < -0.3 is 10.5 Å². The zero-order valence-corrected chi connectivity index (χ0v) is 14.5. The predicted octanol–water partition coefficient (Wildman–Crippen LogP) is 3.40. The third kappa shape index (κ3) is 3.58. The van der Waals surface area contributed by atoms with E-state index in [1.54, 1.807) is 11.3 Å². The van der Waals surface area contributed by atoms with Crippen molar-refractivity contribution in [3.05, 3.63) is 20.8 Å². The molecule has 2 N–H and O–H groups in total. The Balaban J connectivity index is 2.26. The van der Waals surface area contributed by atoms with Crippen LogP contribution in [0.5, 0.6) is 0 Å². The fourth-order valence-corrected chi connectivity index (χ4v) is 4.82. The van der Waals surface area contributed by atoms with E-state index >= 15 is 0 Å². The Bertz CT molecular complexity index is 428. The quantitative estimate of drug-likeness (QED) is 0.911.